The number of halogens is 1. The molecule has 0 aliphatic rings. The van der Waals surface area contributed by atoms with Crippen molar-refractivity contribution < 1.29 is 9.13 Å². The number of aromatic nitrogens is 4. The lowest BCUT2D eigenvalue weighted by atomic mass is 10.1. The minimum absolute atomic E-state index is 0.200. The van der Waals surface area contributed by atoms with E-state index in [1.54, 1.807) is 16.6 Å². The van der Waals surface area contributed by atoms with Gasteiger partial charge in [0.15, 0.2) is 5.82 Å². The quantitative estimate of drug-likeness (QED) is 0.455. The summed E-state index contributed by atoms with van der Waals surface area (Å²) >= 11 is 1.48. The number of fused-ring (bicyclic) bond motifs is 2. The van der Waals surface area contributed by atoms with E-state index in [4.69, 9.17) is 4.74 Å². The average molecular weight is 376 g/mol. The van der Waals surface area contributed by atoms with Gasteiger partial charge in [0, 0.05) is 5.56 Å². The molecule has 132 valence electrons. The molecule has 2 heterocycles. The Hall–Kier alpha value is -3.32. The summed E-state index contributed by atoms with van der Waals surface area (Å²) < 4.78 is 20.4. The highest BCUT2D eigenvalue weighted by molar-refractivity contribution is 7.19. The summed E-state index contributed by atoms with van der Waals surface area (Å²) in [5, 5.41) is 16.2. The fourth-order valence-corrected chi connectivity index (χ4v) is 3.84. The van der Waals surface area contributed by atoms with Crippen LogP contribution in [-0.2, 0) is 6.61 Å². The van der Waals surface area contributed by atoms with Gasteiger partial charge in [-0.3, -0.25) is 0 Å². The molecular formula is C20H13FN4OS. The fourth-order valence-electron chi connectivity index (χ4n) is 2.95. The zero-order valence-corrected chi connectivity index (χ0v) is 14.9. The molecule has 0 unspecified atom stereocenters. The van der Waals surface area contributed by atoms with Gasteiger partial charge in [0.05, 0.1) is 0 Å². The van der Waals surface area contributed by atoms with Crippen molar-refractivity contribution in [2.45, 2.75) is 6.61 Å². The highest BCUT2D eigenvalue weighted by Gasteiger charge is 2.15. The van der Waals surface area contributed by atoms with E-state index in [0.29, 0.717) is 16.5 Å². The number of benzene rings is 3. The monoisotopic (exact) mass is 376 g/mol. The molecule has 0 amide bonds. The fraction of sp³-hybridized carbons (Fsp3) is 0.0500. The molecule has 0 radical (unpaired) electrons. The lowest BCUT2D eigenvalue weighted by Gasteiger charge is -2.04. The van der Waals surface area contributed by atoms with Crippen molar-refractivity contribution >= 4 is 27.1 Å². The van der Waals surface area contributed by atoms with Crippen molar-refractivity contribution in [1.29, 1.82) is 0 Å². The van der Waals surface area contributed by atoms with Crippen molar-refractivity contribution in [3.63, 3.8) is 0 Å². The van der Waals surface area contributed by atoms with Gasteiger partial charge >= 0.3 is 0 Å². The first-order valence-corrected chi connectivity index (χ1v) is 9.17. The van der Waals surface area contributed by atoms with Gasteiger partial charge < -0.3 is 4.74 Å². The van der Waals surface area contributed by atoms with Crippen molar-refractivity contribution in [3.8, 4) is 16.3 Å². The second-order valence-electron chi connectivity index (χ2n) is 5.99. The molecule has 0 N–H and O–H groups in total. The molecule has 0 spiro atoms. The second kappa shape index (κ2) is 6.44. The Labute approximate surface area is 157 Å². The van der Waals surface area contributed by atoms with Crippen LogP contribution in [0.25, 0.3) is 26.3 Å². The summed E-state index contributed by atoms with van der Waals surface area (Å²) in [6.45, 7) is 0.200. The molecule has 2 aromatic heterocycles. The predicted octanol–water partition coefficient (Wildman–Crippen LogP) is 4.72. The Morgan fingerprint density at radius 3 is 2.63 bits per heavy atom. The first-order valence-electron chi connectivity index (χ1n) is 8.35. The van der Waals surface area contributed by atoms with Gasteiger partial charge in [0.1, 0.15) is 23.2 Å². The van der Waals surface area contributed by atoms with Gasteiger partial charge in [-0.2, -0.15) is 9.61 Å². The summed E-state index contributed by atoms with van der Waals surface area (Å²) in [7, 11) is 0. The average Bonchev–Trinajstić information content (AvgIpc) is 3.28. The Kier molecular flexibility index (Phi) is 3.79. The molecule has 0 aliphatic carbocycles. The lowest BCUT2D eigenvalue weighted by Crippen LogP contribution is -2.02. The Balaban J connectivity index is 1.48. The van der Waals surface area contributed by atoms with Crippen LogP contribution in [0.2, 0.25) is 0 Å². The minimum Gasteiger partial charge on any atom is -0.486 e. The van der Waals surface area contributed by atoms with Crippen LogP contribution in [0.5, 0.6) is 5.75 Å². The third kappa shape index (κ3) is 2.92. The van der Waals surface area contributed by atoms with Crippen LogP contribution in [0, 0.1) is 5.82 Å². The first kappa shape index (κ1) is 15.9. The van der Waals surface area contributed by atoms with Gasteiger partial charge in [-0.1, -0.05) is 53.8 Å². The van der Waals surface area contributed by atoms with Crippen LogP contribution in [0.15, 0.2) is 66.7 Å². The number of nitrogens with zero attached hydrogens (tertiary/aromatic N) is 4. The van der Waals surface area contributed by atoms with Crippen LogP contribution < -0.4 is 4.74 Å². The van der Waals surface area contributed by atoms with Gasteiger partial charge in [-0.25, -0.2) is 4.39 Å². The van der Waals surface area contributed by atoms with E-state index in [2.05, 4.69) is 39.6 Å². The van der Waals surface area contributed by atoms with Crippen LogP contribution in [0.4, 0.5) is 4.39 Å². The van der Waals surface area contributed by atoms with E-state index in [9.17, 15) is 4.39 Å². The Morgan fingerprint density at radius 2 is 1.74 bits per heavy atom. The molecule has 27 heavy (non-hydrogen) atoms. The smallest absolute Gasteiger partial charge is 0.235 e. The Bertz CT molecular complexity index is 1240. The third-order valence-electron chi connectivity index (χ3n) is 4.26. The van der Waals surface area contributed by atoms with Crippen molar-refractivity contribution in [3.05, 3.63) is 78.4 Å². The molecule has 0 atom stereocenters. The first-order chi connectivity index (χ1) is 13.3. The molecule has 0 fully saturated rings. The molecule has 7 heteroatoms. The topological polar surface area (TPSA) is 52.3 Å². The van der Waals surface area contributed by atoms with Crippen LogP contribution in [-0.4, -0.2) is 19.8 Å². The molecule has 5 nitrogen and oxygen atoms in total. The number of hydrogen-bond donors (Lipinski definition) is 0. The largest absolute Gasteiger partial charge is 0.486 e. The summed E-state index contributed by atoms with van der Waals surface area (Å²) in [4.78, 5) is 0.704. The maximum absolute atomic E-state index is 13.0. The van der Waals surface area contributed by atoms with E-state index in [1.165, 1.54) is 28.9 Å². The number of hydrogen-bond acceptors (Lipinski definition) is 5. The summed E-state index contributed by atoms with van der Waals surface area (Å²) in [6, 6.07) is 20.3. The van der Waals surface area contributed by atoms with Crippen LogP contribution in [0.1, 0.15) is 5.82 Å². The molecule has 3 aromatic carbocycles. The maximum Gasteiger partial charge on any atom is 0.235 e. The highest BCUT2D eigenvalue weighted by Crippen LogP contribution is 2.31. The molecule has 0 saturated carbocycles. The molecule has 0 saturated heterocycles. The van der Waals surface area contributed by atoms with Crippen molar-refractivity contribution in [2.75, 3.05) is 0 Å². The lowest BCUT2D eigenvalue weighted by molar-refractivity contribution is 0.292. The molecule has 0 bridgehead atoms. The van der Waals surface area contributed by atoms with E-state index in [0.717, 1.165) is 16.0 Å². The van der Waals surface area contributed by atoms with Crippen LogP contribution >= 0.6 is 11.3 Å². The van der Waals surface area contributed by atoms with Crippen molar-refractivity contribution in [1.82, 2.24) is 19.8 Å². The van der Waals surface area contributed by atoms with E-state index < -0.39 is 0 Å². The normalized spacial score (nSPS) is 11.3. The zero-order valence-electron chi connectivity index (χ0n) is 14.0. The Morgan fingerprint density at radius 1 is 0.926 bits per heavy atom. The van der Waals surface area contributed by atoms with E-state index in [-0.39, 0.29) is 12.4 Å². The minimum atomic E-state index is -0.300. The highest BCUT2D eigenvalue weighted by atomic mass is 32.1. The van der Waals surface area contributed by atoms with Crippen LogP contribution in [0.3, 0.4) is 0 Å². The summed E-state index contributed by atoms with van der Waals surface area (Å²) in [5.74, 6) is 0.862. The van der Waals surface area contributed by atoms with Gasteiger partial charge in [0.2, 0.25) is 4.96 Å². The molecule has 5 rings (SSSR count). The SMILES string of the molecule is Fc1ccc(OCc2nnc3sc(-c4cccc5ccccc45)nn23)cc1. The maximum atomic E-state index is 13.0. The molecule has 5 aromatic rings. The molecular weight excluding hydrogens is 363 g/mol. The predicted molar refractivity (Wildman–Crippen MR) is 102 cm³/mol. The summed E-state index contributed by atoms with van der Waals surface area (Å²) in [5.41, 5.74) is 1.06. The zero-order chi connectivity index (χ0) is 18.2. The number of ether oxygens (including phenoxy) is 1. The second-order valence-corrected chi connectivity index (χ2v) is 6.94. The van der Waals surface area contributed by atoms with Gasteiger partial charge in [0.25, 0.3) is 0 Å². The number of rotatable bonds is 4. The standard InChI is InChI=1S/C20H13FN4OS/c21-14-8-10-15(11-9-14)26-12-18-22-23-20-25(18)24-19(27-20)17-7-3-5-13-4-1-2-6-16(13)17/h1-11H,12H2. The molecule has 0 aliphatic heterocycles. The van der Waals surface area contributed by atoms with Gasteiger partial charge in [-0.05, 0) is 35.0 Å². The van der Waals surface area contributed by atoms with Crippen molar-refractivity contribution in [2.24, 2.45) is 0 Å². The third-order valence-corrected chi connectivity index (χ3v) is 5.19. The van der Waals surface area contributed by atoms with E-state index >= 15 is 0 Å². The van der Waals surface area contributed by atoms with Gasteiger partial charge in [-0.15, -0.1) is 10.2 Å². The van der Waals surface area contributed by atoms with E-state index in [1.807, 2.05) is 18.2 Å². The summed E-state index contributed by atoms with van der Waals surface area (Å²) in [6.07, 6.45) is 0.